The lowest BCUT2D eigenvalue weighted by atomic mass is 10.0. The molecule has 0 aliphatic carbocycles. The van der Waals surface area contributed by atoms with Crippen LogP contribution < -0.4 is 10.6 Å². The molecule has 0 aliphatic heterocycles. The van der Waals surface area contributed by atoms with Gasteiger partial charge in [0.2, 0.25) is 0 Å². The van der Waals surface area contributed by atoms with Gasteiger partial charge in [0, 0.05) is 18.2 Å². The number of allylic oxidation sites excluding steroid dienone is 1. The SMILES string of the molecule is N=C(/C=C(\NCc1ccccc1F)c1ccon1)c1ncc(F)c(NCC(O)(C(F)(F)F)C(F)(F)F)n1. The highest BCUT2D eigenvalue weighted by atomic mass is 19.4. The molecule has 198 valence electrons. The third-order valence-electron chi connectivity index (χ3n) is 4.86. The summed E-state index contributed by atoms with van der Waals surface area (Å²) in [5, 5.41) is 25.4. The highest BCUT2D eigenvalue weighted by Crippen LogP contribution is 2.43. The summed E-state index contributed by atoms with van der Waals surface area (Å²) in [6.07, 6.45) is -9.63. The Balaban J connectivity index is 1.86. The van der Waals surface area contributed by atoms with Gasteiger partial charge in [-0.25, -0.2) is 18.7 Å². The fourth-order valence-electron chi connectivity index (χ4n) is 2.80. The van der Waals surface area contributed by atoms with Crippen molar-refractivity contribution in [1.29, 1.82) is 5.41 Å². The first-order chi connectivity index (χ1) is 17.2. The van der Waals surface area contributed by atoms with Gasteiger partial charge >= 0.3 is 12.4 Å². The topological polar surface area (TPSA) is 120 Å². The van der Waals surface area contributed by atoms with Crippen LogP contribution in [-0.4, -0.2) is 50.4 Å². The van der Waals surface area contributed by atoms with Gasteiger partial charge in [-0.1, -0.05) is 23.4 Å². The van der Waals surface area contributed by atoms with Crippen LogP contribution in [0.15, 0.2) is 53.4 Å². The third-order valence-corrected chi connectivity index (χ3v) is 4.86. The summed E-state index contributed by atoms with van der Waals surface area (Å²) in [5.41, 5.74) is -5.32. The van der Waals surface area contributed by atoms with Crippen LogP contribution in [0.4, 0.5) is 40.9 Å². The molecule has 37 heavy (non-hydrogen) atoms. The highest BCUT2D eigenvalue weighted by molar-refractivity contribution is 6.07. The average molecular weight is 536 g/mol. The molecule has 0 atom stereocenters. The number of halogens is 8. The second-order valence-corrected chi connectivity index (χ2v) is 7.40. The van der Waals surface area contributed by atoms with E-state index in [9.17, 15) is 40.2 Å². The molecule has 0 fully saturated rings. The first-order valence-electron chi connectivity index (χ1n) is 10.0. The van der Waals surface area contributed by atoms with E-state index in [1.807, 2.05) is 0 Å². The van der Waals surface area contributed by atoms with Gasteiger partial charge in [0.1, 0.15) is 23.5 Å². The van der Waals surface area contributed by atoms with Crippen molar-refractivity contribution in [2.45, 2.75) is 24.5 Å². The fraction of sp³-hybridized carbons (Fsp3) is 0.238. The maximum Gasteiger partial charge on any atom is 0.428 e. The molecule has 8 nitrogen and oxygen atoms in total. The second-order valence-electron chi connectivity index (χ2n) is 7.40. The molecule has 0 aliphatic rings. The number of nitrogens with one attached hydrogen (secondary N) is 3. The Morgan fingerprint density at radius 2 is 1.70 bits per heavy atom. The van der Waals surface area contributed by atoms with Gasteiger partial charge in [0.05, 0.1) is 18.4 Å². The molecule has 0 bridgehead atoms. The average Bonchev–Trinajstić information content (AvgIpc) is 3.35. The fourth-order valence-corrected chi connectivity index (χ4v) is 2.80. The summed E-state index contributed by atoms with van der Waals surface area (Å²) in [7, 11) is 0. The van der Waals surface area contributed by atoms with E-state index in [2.05, 4.69) is 20.4 Å². The first-order valence-corrected chi connectivity index (χ1v) is 10.0. The second kappa shape index (κ2) is 10.5. The van der Waals surface area contributed by atoms with Gasteiger partial charge in [0.25, 0.3) is 5.60 Å². The summed E-state index contributed by atoms with van der Waals surface area (Å²) in [5.74, 6) is -3.71. The standard InChI is InChI=1S/C21H16F8N6O2/c22-12-4-2-1-3-11(12)8-31-16(15-5-6-37-35-15)7-14(30)18-32-9-13(23)17(34-18)33-10-19(36,20(24,25)26)21(27,28)29/h1-7,9,30-31,36H,8,10H2,(H,32,33,34)/b16-7-,30-14?. The van der Waals surface area contributed by atoms with Gasteiger partial charge in [-0.15, -0.1) is 0 Å². The zero-order valence-corrected chi connectivity index (χ0v) is 18.3. The maximum absolute atomic E-state index is 14.0. The minimum Gasteiger partial charge on any atom is -0.379 e. The number of hydrogen-bond donors (Lipinski definition) is 4. The molecule has 4 N–H and O–H groups in total. The van der Waals surface area contributed by atoms with E-state index in [4.69, 9.17) is 9.93 Å². The van der Waals surface area contributed by atoms with Crippen molar-refractivity contribution in [3.05, 3.63) is 77.6 Å². The molecule has 2 aromatic heterocycles. The van der Waals surface area contributed by atoms with Crippen LogP contribution in [0.25, 0.3) is 5.70 Å². The lowest BCUT2D eigenvalue weighted by Crippen LogP contribution is -2.61. The maximum atomic E-state index is 14.0. The number of aliphatic hydroxyl groups is 1. The van der Waals surface area contributed by atoms with Gasteiger partial charge in [0.15, 0.2) is 17.5 Å². The molecule has 0 saturated carbocycles. The molecule has 3 rings (SSSR count). The summed E-state index contributed by atoms with van der Waals surface area (Å²) in [4.78, 5) is 6.98. The Morgan fingerprint density at radius 3 is 2.30 bits per heavy atom. The minimum atomic E-state index is -6.14. The van der Waals surface area contributed by atoms with Crippen molar-refractivity contribution in [2.24, 2.45) is 0 Å². The number of nitrogens with zero attached hydrogens (tertiary/aromatic N) is 3. The Bertz CT molecular complexity index is 1260. The Labute approximate surface area is 202 Å². The summed E-state index contributed by atoms with van der Waals surface area (Å²) in [6, 6.07) is 7.14. The molecule has 3 aromatic rings. The van der Waals surface area contributed by atoms with Crippen LogP contribution in [0.3, 0.4) is 0 Å². The van der Waals surface area contributed by atoms with Crippen LogP contribution in [0.1, 0.15) is 17.1 Å². The molecule has 16 heteroatoms. The van der Waals surface area contributed by atoms with Crippen molar-refractivity contribution in [2.75, 3.05) is 11.9 Å². The molecule has 1 aromatic carbocycles. The van der Waals surface area contributed by atoms with Crippen LogP contribution in [0, 0.1) is 17.0 Å². The number of aromatic nitrogens is 3. The van der Waals surface area contributed by atoms with Crippen molar-refractivity contribution >= 4 is 17.2 Å². The Hall–Kier alpha value is -4.08. The van der Waals surface area contributed by atoms with E-state index in [0.717, 1.165) is 6.08 Å². The number of alkyl halides is 6. The molecule has 0 saturated heterocycles. The Morgan fingerprint density at radius 1 is 1.03 bits per heavy atom. The lowest BCUT2D eigenvalue weighted by Gasteiger charge is -2.32. The molecule has 0 spiro atoms. The van der Waals surface area contributed by atoms with Crippen LogP contribution in [0.5, 0.6) is 0 Å². The van der Waals surface area contributed by atoms with Crippen LogP contribution >= 0.6 is 0 Å². The third kappa shape index (κ3) is 6.19. The van der Waals surface area contributed by atoms with E-state index in [1.165, 1.54) is 35.8 Å². The summed E-state index contributed by atoms with van der Waals surface area (Å²) in [6.45, 7) is -2.30. The van der Waals surface area contributed by atoms with Crippen molar-refractivity contribution < 1.29 is 44.8 Å². The smallest absolute Gasteiger partial charge is 0.379 e. The normalized spacial score (nSPS) is 12.9. The van der Waals surface area contributed by atoms with E-state index in [-0.39, 0.29) is 23.5 Å². The summed E-state index contributed by atoms with van der Waals surface area (Å²) < 4.78 is 110. The number of rotatable bonds is 9. The Kier molecular flexibility index (Phi) is 7.80. The minimum absolute atomic E-state index is 0.0768. The highest BCUT2D eigenvalue weighted by Gasteiger charge is 2.70. The largest absolute Gasteiger partial charge is 0.428 e. The van der Waals surface area contributed by atoms with Gasteiger partial charge in [-0.05, 0) is 12.1 Å². The number of anilines is 1. The van der Waals surface area contributed by atoms with Gasteiger partial charge < -0.3 is 20.3 Å². The zero-order chi connectivity index (χ0) is 27.4. The number of benzene rings is 1. The predicted molar refractivity (Wildman–Crippen MR) is 112 cm³/mol. The summed E-state index contributed by atoms with van der Waals surface area (Å²) >= 11 is 0. The van der Waals surface area contributed by atoms with E-state index in [1.54, 1.807) is 6.07 Å². The van der Waals surface area contributed by atoms with Crippen LogP contribution in [0.2, 0.25) is 0 Å². The molecule has 0 radical (unpaired) electrons. The van der Waals surface area contributed by atoms with E-state index >= 15 is 0 Å². The first kappa shape index (κ1) is 27.5. The van der Waals surface area contributed by atoms with Gasteiger partial charge in [-0.2, -0.15) is 26.3 Å². The monoisotopic (exact) mass is 536 g/mol. The van der Waals surface area contributed by atoms with Gasteiger partial charge in [-0.3, -0.25) is 5.41 Å². The van der Waals surface area contributed by atoms with Crippen LogP contribution in [-0.2, 0) is 6.54 Å². The molecular formula is C21H16F8N6O2. The molecule has 2 heterocycles. The van der Waals surface area contributed by atoms with E-state index < -0.39 is 53.5 Å². The lowest BCUT2D eigenvalue weighted by molar-refractivity contribution is -0.362. The van der Waals surface area contributed by atoms with Crippen molar-refractivity contribution in [3.63, 3.8) is 0 Å². The zero-order valence-electron chi connectivity index (χ0n) is 18.3. The molecule has 0 amide bonds. The quantitative estimate of drug-likeness (QED) is 0.239. The molecular weight excluding hydrogens is 520 g/mol. The number of hydrogen-bond acceptors (Lipinski definition) is 8. The predicted octanol–water partition coefficient (Wildman–Crippen LogP) is 4.21. The van der Waals surface area contributed by atoms with E-state index in [0.29, 0.717) is 6.20 Å². The van der Waals surface area contributed by atoms with Crippen molar-refractivity contribution in [3.8, 4) is 0 Å². The van der Waals surface area contributed by atoms with Crippen molar-refractivity contribution in [1.82, 2.24) is 20.4 Å². The molecule has 0 unspecified atom stereocenters.